The van der Waals surface area contributed by atoms with E-state index in [9.17, 15) is 29.7 Å². The highest BCUT2D eigenvalue weighted by Crippen LogP contribution is 2.51. The van der Waals surface area contributed by atoms with E-state index in [4.69, 9.17) is 9.47 Å². The van der Waals surface area contributed by atoms with E-state index in [-0.39, 0.29) is 70.4 Å². The standard InChI is InChI=1S/C28H30N2O8/c1-3-20(32)30-29-13(2)14-10-18-22(19(11-14)38-21-9-8-15(31)12-37-21)28(36)24-23(27(18)35)25(33)16-6-4-5-7-17(16)26(24)34/h4-7,14-15,19,21,31,35-36H,3,8-12H2,1-2H3,(H,30,32)/b29-13+/t14-,15+,19+,21+/m1/s1. The first-order chi connectivity index (χ1) is 18.2. The third-order valence-electron chi connectivity index (χ3n) is 7.53. The van der Waals surface area contributed by atoms with Crippen molar-refractivity contribution in [1.29, 1.82) is 0 Å². The van der Waals surface area contributed by atoms with Gasteiger partial charge in [0.1, 0.15) is 11.5 Å². The summed E-state index contributed by atoms with van der Waals surface area (Å²) in [4.78, 5) is 38.6. The van der Waals surface area contributed by atoms with Crippen molar-refractivity contribution in [3.8, 4) is 11.5 Å². The molecule has 1 amide bonds. The number of benzene rings is 2. The summed E-state index contributed by atoms with van der Waals surface area (Å²) in [6.07, 6.45) is -0.411. The normalized spacial score (nSPS) is 24.9. The van der Waals surface area contributed by atoms with E-state index in [1.807, 2.05) is 0 Å². The Morgan fingerprint density at radius 1 is 1.11 bits per heavy atom. The number of hydrogen-bond acceptors (Lipinski definition) is 9. The second-order valence-electron chi connectivity index (χ2n) is 9.94. The Kier molecular flexibility index (Phi) is 7.04. The van der Waals surface area contributed by atoms with Crippen molar-refractivity contribution >= 4 is 23.2 Å². The van der Waals surface area contributed by atoms with E-state index in [1.54, 1.807) is 26.0 Å². The maximum Gasteiger partial charge on any atom is 0.239 e. The number of rotatable bonds is 5. The number of nitrogens with zero attached hydrogens (tertiary/aromatic N) is 1. The van der Waals surface area contributed by atoms with Gasteiger partial charge in [0.15, 0.2) is 17.9 Å². The number of hydrazone groups is 1. The van der Waals surface area contributed by atoms with Gasteiger partial charge in [-0.1, -0.05) is 31.2 Å². The van der Waals surface area contributed by atoms with Gasteiger partial charge in [-0.25, -0.2) is 5.43 Å². The van der Waals surface area contributed by atoms with E-state index in [2.05, 4.69) is 10.5 Å². The summed E-state index contributed by atoms with van der Waals surface area (Å²) < 4.78 is 11.9. The smallest absolute Gasteiger partial charge is 0.239 e. The molecule has 5 rings (SSSR count). The fourth-order valence-electron chi connectivity index (χ4n) is 5.41. The summed E-state index contributed by atoms with van der Waals surface area (Å²) in [6, 6.07) is 6.31. The third kappa shape index (κ3) is 4.48. The molecule has 10 nitrogen and oxygen atoms in total. The molecule has 1 heterocycles. The minimum atomic E-state index is -0.813. The highest BCUT2D eigenvalue weighted by Gasteiger charge is 2.43. The Morgan fingerprint density at radius 3 is 2.37 bits per heavy atom. The van der Waals surface area contributed by atoms with E-state index >= 15 is 0 Å². The van der Waals surface area contributed by atoms with Crippen molar-refractivity contribution in [2.45, 2.75) is 64.4 Å². The molecule has 4 atom stereocenters. The largest absolute Gasteiger partial charge is 0.507 e. The molecule has 1 saturated heterocycles. The Morgan fingerprint density at radius 2 is 1.76 bits per heavy atom. The predicted molar refractivity (Wildman–Crippen MR) is 135 cm³/mol. The number of carbonyl (C=O) groups excluding carboxylic acids is 3. The van der Waals surface area contributed by atoms with Crippen LogP contribution in [0.5, 0.6) is 11.5 Å². The van der Waals surface area contributed by atoms with Crippen LogP contribution in [0.1, 0.15) is 88.6 Å². The van der Waals surface area contributed by atoms with Gasteiger partial charge in [0.05, 0.1) is 29.9 Å². The molecule has 0 unspecified atom stereocenters. The van der Waals surface area contributed by atoms with Crippen LogP contribution in [0.4, 0.5) is 0 Å². The van der Waals surface area contributed by atoms with Gasteiger partial charge in [0, 0.05) is 46.7 Å². The maximum absolute atomic E-state index is 13.4. The number of hydrogen-bond donors (Lipinski definition) is 4. The lowest BCUT2D eigenvalue weighted by atomic mass is 9.74. The number of nitrogens with one attached hydrogen (secondary N) is 1. The maximum atomic E-state index is 13.4. The van der Waals surface area contributed by atoms with Gasteiger partial charge in [0.2, 0.25) is 5.91 Å². The van der Waals surface area contributed by atoms with Crippen molar-refractivity contribution in [3.63, 3.8) is 0 Å². The van der Waals surface area contributed by atoms with Gasteiger partial charge >= 0.3 is 0 Å². The van der Waals surface area contributed by atoms with Gasteiger partial charge in [-0.05, 0) is 26.2 Å². The van der Waals surface area contributed by atoms with E-state index in [0.717, 1.165) is 0 Å². The minimum Gasteiger partial charge on any atom is -0.507 e. The number of amides is 1. The topological polar surface area (TPSA) is 155 Å². The third-order valence-corrected chi connectivity index (χ3v) is 7.53. The van der Waals surface area contributed by atoms with Gasteiger partial charge < -0.3 is 24.8 Å². The lowest BCUT2D eigenvalue weighted by Gasteiger charge is -2.37. The number of phenols is 2. The highest BCUT2D eigenvalue weighted by atomic mass is 16.7. The average molecular weight is 523 g/mol. The molecule has 1 aliphatic heterocycles. The zero-order chi connectivity index (χ0) is 27.1. The molecule has 10 heteroatoms. The number of carbonyl (C=O) groups is 3. The molecule has 3 aliphatic rings. The van der Waals surface area contributed by atoms with Gasteiger partial charge in [-0.15, -0.1) is 0 Å². The summed E-state index contributed by atoms with van der Waals surface area (Å²) in [5.74, 6) is -2.43. The first-order valence-corrected chi connectivity index (χ1v) is 12.8. The average Bonchev–Trinajstić information content (AvgIpc) is 2.92. The number of aliphatic hydroxyl groups is 1. The molecule has 2 aromatic rings. The van der Waals surface area contributed by atoms with Crippen molar-refractivity contribution < 1.29 is 39.2 Å². The fourth-order valence-corrected chi connectivity index (χ4v) is 5.41. The summed E-state index contributed by atoms with van der Waals surface area (Å²) in [5, 5.41) is 36.9. The Hall–Kier alpha value is -3.60. The molecule has 0 aromatic heterocycles. The molecule has 0 radical (unpaired) electrons. The SMILES string of the molecule is CCC(=O)N/N=C(\C)[C@@H]1Cc2c(O)c3c(c(O)c2[C@@H](O[C@H]2CC[C@H](O)CO2)C1)C(=O)c1ccccc1C3=O. The van der Waals surface area contributed by atoms with Crippen LogP contribution in [0.25, 0.3) is 0 Å². The minimum absolute atomic E-state index is 0.0996. The Balaban J connectivity index is 1.61. The van der Waals surface area contributed by atoms with Crippen molar-refractivity contribution in [2.24, 2.45) is 11.0 Å². The number of ketones is 2. The summed E-state index contributed by atoms with van der Waals surface area (Å²) in [6.45, 7) is 3.56. The molecule has 0 bridgehead atoms. The van der Waals surface area contributed by atoms with Crippen molar-refractivity contribution in [3.05, 3.63) is 57.6 Å². The molecule has 38 heavy (non-hydrogen) atoms. The van der Waals surface area contributed by atoms with Crippen LogP contribution < -0.4 is 5.43 Å². The monoisotopic (exact) mass is 522 g/mol. The fraction of sp³-hybridized carbons (Fsp3) is 0.429. The quantitative estimate of drug-likeness (QED) is 0.227. The first-order valence-electron chi connectivity index (χ1n) is 12.8. The second kappa shape index (κ2) is 10.3. The molecule has 2 aromatic carbocycles. The van der Waals surface area contributed by atoms with Gasteiger partial charge in [-0.3, -0.25) is 14.4 Å². The van der Waals surface area contributed by atoms with Gasteiger partial charge in [-0.2, -0.15) is 5.10 Å². The number of fused-ring (bicyclic) bond motifs is 3. The van der Waals surface area contributed by atoms with Crippen molar-refractivity contribution in [1.82, 2.24) is 5.43 Å². The molecule has 0 spiro atoms. The predicted octanol–water partition coefficient (Wildman–Crippen LogP) is 2.89. The van der Waals surface area contributed by atoms with Crippen molar-refractivity contribution in [2.75, 3.05) is 6.61 Å². The Bertz CT molecular complexity index is 1340. The summed E-state index contributed by atoms with van der Waals surface area (Å²) in [7, 11) is 0. The van der Waals surface area contributed by atoms with Crippen LogP contribution in [0.3, 0.4) is 0 Å². The molecular formula is C28H30N2O8. The lowest BCUT2D eigenvalue weighted by Crippen LogP contribution is -2.35. The highest BCUT2D eigenvalue weighted by molar-refractivity contribution is 6.30. The Labute approximate surface area is 219 Å². The zero-order valence-corrected chi connectivity index (χ0v) is 21.2. The number of phenolic OH excluding ortho intramolecular Hbond substituents is 2. The summed E-state index contributed by atoms with van der Waals surface area (Å²) >= 11 is 0. The number of ether oxygens (including phenoxy) is 2. The molecule has 200 valence electrons. The van der Waals surface area contributed by atoms with Crippen LogP contribution in [-0.2, 0) is 20.7 Å². The molecule has 0 saturated carbocycles. The van der Waals surface area contributed by atoms with E-state index in [1.165, 1.54) is 12.1 Å². The van der Waals surface area contributed by atoms with Crippen LogP contribution >= 0.6 is 0 Å². The molecular weight excluding hydrogens is 492 g/mol. The molecule has 4 N–H and O–H groups in total. The van der Waals surface area contributed by atoms with E-state index < -0.39 is 35.8 Å². The number of aromatic hydroxyl groups is 2. The van der Waals surface area contributed by atoms with Gasteiger partial charge in [0.25, 0.3) is 0 Å². The van der Waals surface area contributed by atoms with Crippen LogP contribution in [0, 0.1) is 5.92 Å². The molecule has 1 fully saturated rings. The van der Waals surface area contributed by atoms with Crippen LogP contribution in [0.15, 0.2) is 29.4 Å². The molecule has 2 aliphatic carbocycles. The van der Waals surface area contributed by atoms with Crippen LogP contribution in [0.2, 0.25) is 0 Å². The van der Waals surface area contributed by atoms with Crippen LogP contribution in [-0.4, -0.2) is 57.5 Å². The summed E-state index contributed by atoms with van der Waals surface area (Å²) in [5.41, 5.74) is 3.45. The number of aliphatic hydroxyl groups excluding tert-OH is 1. The zero-order valence-electron chi connectivity index (χ0n) is 21.2. The first kappa shape index (κ1) is 26.0. The lowest BCUT2D eigenvalue weighted by molar-refractivity contribution is -0.212. The second-order valence-corrected chi connectivity index (χ2v) is 9.94. The van der Waals surface area contributed by atoms with E-state index in [0.29, 0.717) is 25.0 Å².